The molecule has 0 spiro atoms. The second kappa shape index (κ2) is 3.56. The molecular weight excluding hydrogens is 164 g/mol. The summed E-state index contributed by atoms with van der Waals surface area (Å²) in [6.07, 6.45) is 1.60. The topological polar surface area (TPSA) is 61.8 Å². The second-order valence-electron chi connectivity index (χ2n) is 1.81. The van der Waals surface area contributed by atoms with Crippen molar-refractivity contribution in [2.24, 2.45) is 0 Å². The Morgan fingerprint density at radius 3 is 2.75 bits per heavy atom. The molecule has 0 aromatic carbocycles. The van der Waals surface area contributed by atoms with Crippen LogP contribution in [-0.2, 0) is 19.0 Å². The Bertz CT molecular complexity index is 243. The molecule has 0 aromatic heterocycles. The zero-order valence-corrected chi connectivity index (χ0v) is 6.11. The van der Waals surface area contributed by atoms with E-state index in [9.17, 15) is 9.59 Å². The number of carbonyl (C=O) groups is 2. The smallest absolute Gasteiger partial charge is 0.458 e. The number of hydrogen-bond donors (Lipinski definition) is 0. The third-order valence-corrected chi connectivity index (χ3v) is 1.01. The molecule has 0 aromatic rings. The molecule has 0 radical (unpaired) electrons. The Morgan fingerprint density at radius 1 is 1.58 bits per heavy atom. The summed E-state index contributed by atoms with van der Waals surface area (Å²) in [7, 11) is 0. The van der Waals surface area contributed by atoms with E-state index in [2.05, 4.69) is 20.8 Å². The van der Waals surface area contributed by atoms with Gasteiger partial charge in [-0.2, -0.15) is 0 Å². The van der Waals surface area contributed by atoms with Gasteiger partial charge < -0.3 is 14.2 Å². The highest BCUT2D eigenvalue weighted by molar-refractivity contribution is 5.81. The summed E-state index contributed by atoms with van der Waals surface area (Å²) >= 11 is 0. The first-order valence-electron chi connectivity index (χ1n) is 3.11. The summed E-state index contributed by atoms with van der Waals surface area (Å²) in [5.41, 5.74) is 0. The minimum Gasteiger partial charge on any atom is -0.458 e. The van der Waals surface area contributed by atoms with E-state index in [4.69, 9.17) is 0 Å². The van der Waals surface area contributed by atoms with Gasteiger partial charge in [0.25, 0.3) is 5.95 Å². The highest BCUT2D eigenvalue weighted by Crippen LogP contribution is 2.13. The third-order valence-electron chi connectivity index (χ3n) is 1.01. The molecule has 0 atom stereocenters. The molecule has 0 N–H and O–H groups in total. The predicted molar refractivity (Wildman–Crippen MR) is 36.8 cm³/mol. The zero-order chi connectivity index (χ0) is 8.97. The molecule has 0 bridgehead atoms. The van der Waals surface area contributed by atoms with Crippen LogP contribution >= 0.6 is 0 Å². The van der Waals surface area contributed by atoms with Gasteiger partial charge in [0, 0.05) is 12.2 Å². The van der Waals surface area contributed by atoms with Gasteiger partial charge in [-0.25, -0.2) is 9.59 Å². The van der Waals surface area contributed by atoms with Crippen LogP contribution in [0.2, 0.25) is 0 Å². The zero-order valence-electron chi connectivity index (χ0n) is 6.11. The monoisotopic (exact) mass is 170 g/mol. The maximum atomic E-state index is 10.4. The second-order valence-corrected chi connectivity index (χ2v) is 1.81. The van der Waals surface area contributed by atoms with Gasteiger partial charge in [0.05, 0.1) is 0 Å². The van der Waals surface area contributed by atoms with Crippen molar-refractivity contribution in [3.8, 4) is 0 Å². The lowest BCUT2D eigenvalue weighted by Crippen LogP contribution is -2.20. The first kappa shape index (κ1) is 8.32. The minimum atomic E-state index is -0.753. The van der Waals surface area contributed by atoms with Crippen molar-refractivity contribution in [2.45, 2.75) is 0 Å². The molecule has 1 rings (SSSR count). The van der Waals surface area contributed by atoms with Crippen LogP contribution in [0, 0.1) is 0 Å². The standard InChI is InChI=1S/C7H6O5/c1-2-5(8)10-4-3-6-11-7(9)12-6/h2-3H,1,4H2. The lowest BCUT2D eigenvalue weighted by atomic mass is 10.6. The highest BCUT2D eigenvalue weighted by atomic mass is 16.9. The summed E-state index contributed by atoms with van der Waals surface area (Å²) in [5, 5.41) is 0. The van der Waals surface area contributed by atoms with Crippen molar-refractivity contribution in [3.05, 3.63) is 24.7 Å². The number of hydrogen-bond acceptors (Lipinski definition) is 5. The summed E-state index contributed by atoms with van der Waals surface area (Å²) in [6.45, 7) is 3.19. The van der Waals surface area contributed by atoms with Gasteiger partial charge in [-0.05, 0) is 0 Å². The molecule has 0 saturated carbocycles. The van der Waals surface area contributed by atoms with Gasteiger partial charge in [-0.15, -0.1) is 0 Å². The maximum absolute atomic E-state index is 10.4. The molecule has 1 saturated heterocycles. The van der Waals surface area contributed by atoms with Crippen molar-refractivity contribution in [1.82, 2.24) is 0 Å². The number of esters is 1. The van der Waals surface area contributed by atoms with Crippen LogP contribution in [0.1, 0.15) is 0 Å². The molecule has 1 aliphatic rings. The molecule has 1 heterocycles. The Kier molecular flexibility index (Phi) is 2.47. The average molecular weight is 170 g/mol. The number of cyclic esters (lactones) is 2. The lowest BCUT2D eigenvalue weighted by molar-refractivity contribution is -0.136. The fourth-order valence-electron chi connectivity index (χ4n) is 0.506. The molecule has 64 valence electrons. The van der Waals surface area contributed by atoms with E-state index in [-0.39, 0.29) is 12.6 Å². The molecule has 0 amide bonds. The van der Waals surface area contributed by atoms with Crippen LogP contribution in [0.25, 0.3) is 0 Å². The van der Waals surface area contributed by atoms with Gasteiger partial charge in [-0.3, -0.25) is 0 Å². The maximum Gasteiger partial charge on any atom is 0.524 e. The van der Waals surface area contributed by atoms with Crippen LogP contribution in [0.3, 0.4) is 0 Å². The van der Waals surface area contributed by atoms with Crippen LogP contribution < -0.4 is 0 Å². The fourth-order valence-corrected chi connectivity index (χ4v) is 0.506. The van der Waals surface area contributed by atoms with Gasteiger partial charge in [0.2, 0.25) is 0 Å². The van der Waals surface area contributed by atoms with Gasteiger partial charge >= 0.3 is 12.1 Å². The van der Waals surface area contributed by atoms with Crippen molar-refractivity contribution < 1.29 is 23.8 Å². The number of ether oxygens (including phenoxy) is 3. The molecule has 1 fully saturated rings. The molecule has 1 aliphatic heterocycles. The van der Waals surface area contributed by atoms with Crippen LogP contribution in [0.5, 0.6) is 0 Å². The molecule has 0 unspecified atom stereocenters. The number of carbonyl (C=O) groups excluding carboxylic acids is 2. The van der Waals surface area contributed by atoms with Crippen LogP contribution in [0.4, 0.5) is 4.79 Å². The molecule has 5 heteroatoms. The Hall–Kier alpha value is -1.78. The van der Waals surface area contributed by atoms with Crippen LogP contribution in [-0.4, -0.2) is 18.7 Å². The van der Waals surface area contributed by atoms with E-state index in [1.807, 2.05) is 0 Å². The van der Waals surface area contributed by atoms with Gasteiger partial charge in [0.1, 0.15) is 6.61 Å². The summed E-state index contributed by atoms with van der Waals surface area (Å²) in [5.74, 6) is -0.491. The van der Waals surface area contributed by atoms with Crippen molar-refractivity contribution in [2.75, 3.05) is 6.61 Å². The SMILES string of the molecule is C=CC(=O)OCC=C1OC(=O)O1. The highest BCUT2D eigenvalue weighted by Gasteiger charge is 2.23. The lowest BCUT2D eigenvalue weighted by Gasteiger charge is -2.14. The minimum absolute atomic E-state index is 0.00648. The quantitative estimate of drug-likeness (QED) is 0.461. The summed E-state index contributed by atoms with van der Waals surface area (Å²) < 4.78 is 13.2. The van der Waals surface area contributed by atoms with Crippen molar-refractivity contribution >= 4 is 12.1 Å². The van der Waals surface area contributed by atoms with E-state index in [0.717, 1.165) is 6.08 Å². The third kappa shape index (κ3) is 2.12. The Balaban J connectivity index is 2.18. The van der Waals surface area contributed by atoms with E-state index >= 15 is 0 Å². The normalized spacial score (nSPS) is 13.7. The first-order valence-corrected chi connectivity index (χ1v) is 3.11. The Morgan fingerprint density at radius 2 is 2.25 bits per heavy atom. The number of rotatable bonds is 3. The van der Waals surface area contributed by atoms with Gasteiger partial charge in [-0.1, -0.05) is 6.58 Å². The largest absolute Gasteiger partial charge is 0.524 e. The van der Waals surface area contributed by atoms with Crippen molar-refractivity contribution in [3.63, 3.8) is 0 Å². The van der Waals surface area contributed by atoms with Crippen LogP contribution in [0.15, 0.2) is 24.7 Å². The fraction of sp³-hybridized carbons (Fsp3) is 0.143. The average Bonchev–Trinajstić information content (AvgIpc) is 2.01. The van der Waals surface area contributed by atoms with E-state index in [0.29, 0.717) is 0 Å². The van der Waals surface area contributed by atoms with E-state index < -0.39 is 12.1 Å². The van der Waals surface area contributed by atoms with E-state index in [1.54, 1.807) is 0 Å². The summed E-state index contributed by atoms with van der Waals surface area (Å²) in [4.78, 5) is 20.5. The first-order chi connectivity index (χ1) is 5.72. The van der Waals surface area contributed by atoms with Crippen molar-refractivity contribution in [1.29, 1.82) is 0 Å². The Labute approximate surface area is 68.2 Å². The summed E-state index contributed by atoms with van der Waals surface area (Å²) in [6, 6.07) is 0. The van der Waals surface area contributed by atoms with E-state index in [1.165, 1.54) is 6.08 Å². The molecule has 12 heavy (non-hydrogen) atoms. The van der Waals surface area contributed by atoms with Gasteiger partial charge in [0.15, 0.2) is 0 Å². The molecule has 0 aliphatic carbocycles. The molecule has 5 nitrogen and oxygen atoms in total. The molecular formula is C7H6O5. The predicted octanol–water partition coefficient (Wildman–Crippen LogP) is 0.724.